The van der Waals surface area contributed by atoms with Crippen LogP contribution in [-0.4, -0.2) is 29.1 Å². The van der Waals surface area contributed by atoms with E-state index in [4.69, 9.17) is 16.7 Å². The quantitative estimate of drug-likeness (QED) is 0.778. The minimum Gasteiger partial charge on any atom is -0.480 e. The molecule has 1 aromatic carbocycles. The van der Waals surface area contributed by atoms with E-state index in [1.807, 2.05) is 6.92 Å². The van der Waals surface area contributed by atoms with E-state index in [0.29, 0.717) is 23.6 Å². The van der Waals surface area contributed by atoms with Crippen LogP contribution in [0.3, 0.4) is 0 Å². The predicted molar refractivity (Wildman–Crippen MR) is 77.0 cm³/mol. The number of rotatable bonds is 5. The highest BCUT2D eigenvalue weighted by Gasteiger charge is 2.44. The first kappa shape index (κ1) is 14.8. The van der Waals surface area contributed by atoms with Crippen LogP contribution in [0.4, 0.5) is 5.69 Å². The Morgan fingerprint density at radius 3 is 2.60 bits per heavy atom. The van der Waals surface area contributed by atoms with Crippen LogP contribution in [-0.2, 0) is 9.59 Å². The summed E-state index contributed by atoms with van der Waals surface area (Å²) in [5, 5.41) is 15.4. The molecule has 0 bridgehead atoms. The van der Waals surface area contributed by atoms with Gasteiger partial charge in [-0.15, -0.1) is 0 Å². The van der Waals surface area contributed by atoms with Crippen LogP contribution in [0.15, 0.2) is 18.2 Å². The van der Waals surface area contributed by atoms with E-state index in [2.05, 4.69) is 10.6 Å². The number of aliphatic carboxylic acids is 1. The van der Waals surface area contributed by atoms with E-state index in [1.54, 1.807) is 18.2 Å². The number of carbonyl (C=O) groups excluding carboxylic acids is 1. The van der Waals surface area contributed by atoms with Crippen molar-refractivity contribution < 1.29 is 14.7 Å². The van der Waals surface area contributed by atoms with Crippen LogP contribution in [0, 0.1) is 6.92 Å². The Bertz CT molecular complexity index is 541. The SMILES string of the molecule is Cc1cc(Cl)ccc1NC(=O)CNC1(C(=O)O)CCC1. The Morgan fingerprint density at radius 2 is 2.10 bits per heavy atom. The maximum Gasteiger partial charge on any atom is 0.323 e. The molecule has 1 aliphatic rings. The van der Waals surface area contributed by atoms with E-state index in [0.717, 1.165) is 12.0 Å². The Morgan fingerprint density at radius 1 is 1.40 bits per heavy atom. The first-order valence-corrected chi connectivity index (χ1v) is 6.85. The van der Waals surface area contributed by atoms with Gasteiger partial charge in [0.15, 0.2) is 0 Å². The summed E-state index contributed by atoms with van der Waals surface area (Å²) >= 11 is 5.85. The van der Waals surface area contributed by atoms with Crippen molar-refractivity contribution >= 4 is 29.2 Å². The van der Waals surface area contributed by atoms with Crippen LogP contribution in [0.25, 0.3) is 0 Å². The number of aryl methyl sites for hydroxylation is 1. The van der Waals surface area contributed by atoms with Gasteiger partial charge in [0.2, 0.25) is 5.91 Å². The number of anilines is 1. The standard InChI is InChI=1S/C14H17ClN2O3/c1-9-7-10(15)3-4-11(9)17-12(18)8-16-14(13(19)20)5-2-6-14/h3-4,7,16H,2,5-6,8H2,1H3,(H,17,18)(H,19,20). The smallest absolute Gasteiger partial charge is 0.323 e. The Balaban J connectivity index is 1.91. The lowest BCUT2D eigenvalue weighted by Gasteiger charge is -2.38. The summed E-state index contributed by atoms with van der Waals surface area (Å²) < 4.78 is 0. The van der Waals surface area contributed by atoms with E-state index in [9.17, 15) is 9.59 Å². The van der Waals surface area contributed by atoms with Gasteiger partial charge >= 0.3 is 5.97 Å². The molecule has 1 fully saturated rings. The molecule has 3 N–H and O–H groups in total. The van der Waals surface area contributed by atoms with Crippen molar-refractivity contribution in [3.05, 3.63) is 28.8 Å². The van der Waals surface area contributed by atoms with Crippen molar-refractivity contribution in [2.45, 2.75) is 31.7 Å². The zero-order valence-electron chi connectivity index (χ0n) is 11.2. The van der Waals surface area contributed by atoms with Gasteiger partial charge in [-0.3, -0.25) is 14.9 Å². The lowest BCUT2D eigenvalue weighted by molar-refractivity contribution is -0.148. The first-order valence-electron chi connectivity index (χ1n) is 6.47. The second-order valence-corrected chi connectivity index (χ2v) is 5.54. The largest absolute Gasteiger partial charge is 0.480 e. The number of halogens is 1. The van der Waals surface area contributed by atoms with Gasteiger partial charge in [0.1, 0.15) is 5.54 Å². The van der Waals surface area contributed by atoms with Crippen molar-refractivity contribution in [2.75, 3.05) is 11.9 Å². The number of carboxylic acid groups (broad SMARTS) is 1. The molecular formula is C14H17ClN2O3. The molecule has 108 valence electrons. The van der Waals surface area contributed by atoms with Gasteiger partial charge in [-0.05, 0) is 49.9 Å². The zero-order valence-corrected chi connectivity index (χ0v) is 12.0. The molecule has 0 saturated heterocycles. The molecule has 0 spiro atoms. The summed E-state index contributed by atoms with van der Waals surface area (Å²) in [5.41, 5.74) is 0.619. The van der Waals surface area contributed by atoms with Crippen LogP contribution in [0.2, 0.25) is 5.02 Å². The Labute approximate surface area is 122 Å². The van der Waals surface area contributed by atoms with E-state index in [1.165, 1.54) is 0 Å². The number of carboxylic acids is 1. The highest BCUT2D eigenvalue weighted by molar-refractivity contribution is 6.30. The fourth-order valence-corrected chi connectivity index (χ4v) is 2.43. The highest BCUT2D eigenvalue weighted by Crippen LogP contribution is 2.31. The maximum atomic E-state index is 11.9. The lowest BCUT2D eigenvalue weighted by Crippen LogP contribution is -2.58. The molecule has 0 aromatic heterocycles. The van der Waals surface area contributed by atoms with Gasteiger partial charge in [-0.1, -0.05) is 11.6 Å². The second kappa shape index (κ2) is 5.81. The summed E-state index contributed by atoms with van der Waals surface area (Å²) in [6, 6.07) is 5.18. The summed E-state index contributed by atoms with van der Waals surface area (Å²) in [7, 11) is 0. The molecule has 0 unspecified atom stereocenters. The molecule has 1 aliphatic carbocycles. The van der Waals surface area contributed by atoms with Crippen molar-refractivity contribution in [2.24, 2.45) is 0 Å². The number of nitrogens with one attached hydrogen (secondary N) is 2. The van der Waals surface area contributed by atoms with Crippen molar-refractivity contribution in [3.63, 3.8) is 0 Å². The van der Waals surface area contributed by atoms with Crippen molar-refractivity contribution in [1.82, 2.24) is 5.32 Å². The molecule has 20 heavy (non-hydrogen) atoms. The van der Waals surface area contributed by atoms with E-state index >= 15 is 0 Å². The summed E-state index contributed by atoms with van der Waals surface area (Å²) in [6.07, 6.45) is 2.00. The monoisotopic (exact) mass is 296 g/mol. The van der Waals surface area contributed by atoms with Gasteiger partial charge < -0.3 is 10.4 Å². The zero-order chi connectivity index (χ0) is 14.8. The minimum absolute atomic E-state index is 0.0195. The third-order valence-electron chi connectivity index (χ3n) is 3.67. The van der Waals surface area contributed by atoms with Crippen molar-refractivity contribution in [1.29, 1.82) is 0 Å². The molecular weight excluding hydrogens is 280 g/mol. The highest BCUT2D eigenvalue weighted by atomic mass is 35.5. The molecule has 0 aliphatic heterocycles. The molecule has 0 radical (unpaired) electrons. The normalized spacial score (nSPS) is 16.3. The van der Waals surface area contributed by atoms with Crippen LogP contribution in [0.1, 0.15) is 24.8 Å². The summed E-state index contributed by atoms with van der Waals surface area (Å²) in [6.45, 7) is 1.83. The second-order valence-electron chi connectivity index (χ2n) is 5.10. The maximum absolute atomic E-state index is 11.9. The molecule has 1 amide bonds. The summed E-state index contributed by atoms with van der Waals surface area (Å²) in [5.74, 6) is -1.15. The lowest BCUT2D eigenvalue weighted by atomic mass is 9.77. The van der Waals surface area contributed by atoms with E-state index in [-0.39, 0.29) is 12.5 Å². The topological polar surface area (TPSA) is 78.4 Å². The summed E-state index contributed by atoms with van der Waals surface area (Å²) in [4.78, 5) is 23.0. The minimum atomic E-state index is -0.924. The molecule has 0 atom stereocenters. The number of hydrogen-bond acceptors (Lipinski definition) is 3. The number of carbonyl (C=O) groups is 2. The third-order valence-corrected chi connectivity index (χ3v) is 3.90. The fraction of sp³-hybridized carbons (Fsp3) is 0.429. The van der Waals surface area contributed by atoms with Crippen LogP contribution < -0.4 is 10.6 Å². The number of amides is 1. The van der Waals surface area contributed by atoms with Crippen LogP contribution in [0.5, 0.6) is 0 Å². The Hall–Kier alpha value is -1.59. The first-order chi connectivity index (χ1) is 9.43. The number of benzene rings is 1. The van der Waals surface area contributed by atoms with Gasteiger partial charge in [0, 0.05) is 10.7 Å². The predicted octanol–water partition coefficient (Wildman–Crippen LogP) is 2.18. The molecule has 1 saturated carbocycles. The number of hydrogen-bond donors (Lipinski definition) is 3. The van der Waals surface area contributed by atoms with Crippen molar-refractivity contribution in [3.8, 4) is 0 Å². The average Bonchev–Trinajstić information content (AvgIpc) is 2.31. The fourth-order valence-electron chi connectivity index (χ4n) is 2.21. The molecule has 0 heterocycles. The average molecular weight is 297 g/mol. The van der Waals surface area contributed by atoms with Gasteiger partial charge in [0.05, 0.1) is 6.54 Å². The van der Waals surface area contributed by atoms with Gasteiger partial charge in [-0.25, -0.2) is 0 Å². The molecule has 5 nitrogen and oxygen atoms in total. The molecule has 1 aromatic rings. The molecule has 6 heteroatoms. The van der Waals surface area contributed by atoms with Gasteiger partial charge in [-0.2, -0.15) is 0 Å². The molecule has 2 rings (SSSR count). The third kappa shape index (κ3) is 3.11. The Kier molecular flexibility index (Phi) is 4.30. The van der Waals surface area contributed by atoms with E-state index < -0.39 is 11.5 Å². The van der Waals surface area contributed by atoms with Gasteiger partial charge in [0.25, 0.3) is 0 Å². The van der Waals surface area contributed by atoms with Crippen LogP contribution >= 0.6 is 11.6 Å².